The second-order valence-electron chi connectivity index (χ2n) is 9.71. The van der Waals surface area contributed by atoms with Crippen LogP contribution in [0.2, 0.25) is 0 Å². The van der Waals surface area contributed by atoms with Crippen LogP contribution in [0.15, 0.2) is 36.4 Å². The van der Waals surface area contributed by atoms with Gasteiger partial charge in [0, 0.05) is 0 Å². The van der Waals surface area contributed by atoms with Gasteiger partial charge < -0.3 is 18.9 Å². The topological polar surface area (TPSA) is 36.9 Å². The molecule has 2 aromatic carbocycles. The van der Waals surface area contributed by atoms with Gasteiger partial charge >= 0.3 is 0 Å². The molecule has 2 unspecified atom stereocenters. The summed E-state index contributed by atoms with van der Waals surface area (Å²) in [5, 5.41) is 2.54. The van der Waals surface area contributed by atoms with Gasteiger partial charge in [0.1, 0.15) is 23.0 Å². The molecule has 0 amide bonds. The average molecular weight is 446 g/mol. The zero-order valence-corrected chi connectivity index (χ0v) is 20.9. The summed E-state index contributed by atoms with van der Waals surface area (Å²) in [5.74, 6) is 3.66. The lowest BCUT2D eigenvalue weighted by Gasteiger charge is -2.39. The van der Waals surface area contributed by atoms with E-state index in [1.807, 2.05) is 24.3 Å². The highest BCUT2D eigenvalue weighted by molar-refractivity contribution is 7.72. The van der Waals surface area contributed by atoms with E-state index in [9.17, 15) is 0 Å². The van der Waals surface area contributed by atoms with Crippen molar-refractivity contribution in [2.24, 2.45) is 0 Å². The molecule has 0 spiro atoms. The Kier molecular flexibility index (Phi) is 5.48. The van der Waals surface area contributed by atoms with Gasteiger partial charge in [-0.3, -0.25) is 0 Å². The van der Waals surface area contributed by atoms with E-state index in [0.29, 0.717) is 0 Å². The van der Waals surface area contributed by atoms with Crippen LogP contribution in [0.25, 0.3) is 0 Å². The van der Waals surface area contributed by atoms with Gasteiger partial charge in [-0.2, -0.15) is 0 Å². The Balaban J connectivity index is 1.85. The fourth-order valence-electron chi connectivity index (χ4n) is 4.42. The molecule has 4 rings (SSSR count). The Morgan fingerprint density at radius 3 is 1.33 bits per heavy atom. The van der Waals surface area contributed by atoms with Crippen molar-refractivity contribution in [3.8, 4) is 23.0 Å². The first kappa shape index (κ1) is 21.7. The summed E-state index contributed by atoms with van der Waals surface area (Å²) in [5.41, 5.74) is 0. The first-order valence-corrected chi connectivity index (χ1v) is 13.2. The normalized spacial score (nSPS) is 25.2. The molecule has 0 N–H and O–H groups in total. The molecule has 0 aromatic heterocycles. The molecule has 162 valence electrons. The third kappa shape index (κ3) is 3.47. The molecule has 2 heterocycles. The summed E-state index contributed by atoms with van der Waals surface area (Å²) in [4.78, 5) is 0. The lowest BCUT2D eigenvalue weighted by molar-refractivity contribution is 0.171. The van der Waals surface area contributed by atoms with E-state index >= 15 is 0 Å². The van der Waals surface area contributed by atoms with Crippen molar-refractivity contribution in [1.82, 2.24) is 0 Å². The highest BCUT2D eigenvalue weighted by Gasteiger charge is 2.55. The second-order valence-corrected chi connectivity index (χ2v) is 15.8. The summed E-state index contributed by atoms with van der Waals surface area (Å²) in [7, 11) is 2.11. The number of ether oxygens (including phenoxy) is 4. The Morgan fingerprint density at radius 1 is 0.667 bits per heavy atom. The number of methoxy groups -OCH3 is 2. The molecule has 4 atom stereocenters. The number of benzene rings is 2. The first-order chi connectivity index (χ1) is 14.1. The van der Waals surface area contributed by atoms with E-state index in [4.69, 9.17) is 18.9 Å². The second kappa shape index (κ2) is 7.57. The highest BCUT2D eigenvalue weighted by atomic mass is 31.1. The number of fused-ring (bicyclic) bond motifs is 2. The molecule has 0 fully saturated rings. The van der Waals surface area contributed by atoms with Crippen LogP contribution in [0, 0.1) is 0 Å². The minimum atomic E-state index is -0.690. The molecule has 30 heavy (non-hydrogen) atoms. The summed E-state index contributed by atoms with van der Waals surface area (Å²) >= 11 is 0. The SMILES string of the molecule is COc1cccc2c1[P@@](C(C)(C)C)C(C1Oc3cccc(OC)c3[P@]1C(C)(C)C)O2. The van der Waals surface area contributed by atoms with Crippen LogP contribution in [0.3, 0.4) is 0 Å². The van der Waals surface area contributed by atoms with Gasteiger partial charge in [0.2, 0.25) is 0 Å². The third-order valence-corrected chi connectivity index (χ3v) is 12.3. The number of hydrogen-bond acceptors (Lipinski definition) is 4. The van der Waals surface area contributed by atoms with E-state index in [1.165, 1.54) is 10.6 Å². The van der Waals surface area contributed by atoms with Gasteiger partial charge in [0.15, 0.2) is 11.7 Å². The maximum atomic E-state index is 6.70. The lowest BCUT2D eigenvalue weighted by Crippen LogP contribution is -2.38. The Bertz CT molecular complexity index is 868. The van der Waals surface area contributed by atoms with Crippen molar-refractivity contribution in [3.63, 3.8) is 0 Å². The predicted octanol–water partition coefficient (Wildman–Crippen LogP) is 5.65. The summed E-state index contributed by atoms with van der Waals surface area (Å²) < 4.78 is 24.9. The van der Waals surface area contributed by atoms with Crippen LogP contribution in [-0.4, -0.2) is 36.2 Å². The van der Waals surface area contributed by atoms with Gasteiger partial charge in [-0.25, -0.2) is 0 Å². The molecule has 0 saturated carbocycles. The first-order valence-electron chi connectivity index (χ1n) is 10.3. The molecular weight excluding hydrogens is 414 g/mol. The molecule has 2 aliphatic heterocycles. The monoisotopic (exact) mass is 446 g/mol. The minimum Gasteiger partial charge on any atom is -0.496 e. The zero-order chi connectivity index (χ0) is 21.8. The van der Waals surface area contributed by atoms with Crippen molar-refractivity contribution in [2.75, 3.05) is 14.2 Å². The van der Waals surface area contributed by atoms with Gasteiger partial charge in [0.25, 0.3) is 0 Å². The smallest absolute Gasteiger partial charge is 0.162 e. The summed E-state index contributed by atoms with van der Waals surface area (Å²) in [6.07, 6.45) is 0. The van der Waals surface area contributed by atoms with Crippen molar-refractivity contribution in [3.05, 3.63) is 36.4 Å². The molecule has 2 aliphatic rings. The molecule has 0 radical (unpaired) electrons. The molecule has 2 aromatic rings. The largest absolute Gasteiger partial charge is 0.496 e. The van der Waals surface area contributed by atoms with E-state index < -0.39 is 15.8 Å². The Labute approximate surface area is 182 Å². The predicted molar refractivity (Wildman–Crippen MR) is 127 cm³/mol. The minimum absolute atomic E-state index is 0.0336. The number of hydrogen-bond donors (Lipinski definition) is 0. The maximum Gasteiger partial charge on any atom is 0.162 e. The Morgan fingerprint density at radius 2 is 1.03 bits per heavy atom. The molecule has 0 aliphatic carbocycles. The van der Waals surface area contributed by atoms with Crippen molar-refractivity contribution < 1.29 is 18.9 Å². The van der Waals surface area contributed by atoms with Crippen molar-refractivity contribution in [2.45, 2.75) is 63.5 Å². The van der Waals surface area contributed by atoms with Gasteiger partial charge in [-0.05, 0) is 50.4 Å². The fraction of sp³-hybridized carbons (Fsp3) is 0.500. The van der Waals surface area contributed by atoms with Crippen LogP contribution in [0.4, 0.5) is 0 Å². The average Bonchev–Trinajstić information content (AvgIpc) is 3.25. The van der Waals surface area contributed by atoms with E-state index in [1.54, 1.807) is 14.2 Å². The Hall–Kier alpha value is -1.50. The molecule has 4 nitrogen and oxygen atoms in total. The van der Waals surface area contributed by atoms with Crippen LogP contribution in [0.5, 0.6) is 23.0 Å². The fourth-order valence-corrected chi connectivity index (χ4v) is 11.2. The van der Waals surface area contributed by atoms with Gasteiger partial charge in [0.05, 0.1) is 24.8 Å². The zero-order valence-electron chi connectivity index (χ0n) is 19.1. The van der Waals surface area contributed by atoms with E-state index in [-0.39, 0.29) is 22.0 Å². The summed E-state index contributed by atoms with van der Waals surface area (Å²) in [6.45, 7) is 13.8. The number of rotatable bonds is 3. The van der Waals surface area contributed by atoms with Gasteiger partial charge in [-0.1, -0.05) is 53.7 Å². The quantitative estimate of drug-likeness (QED) is 0.571. The summed E-state index contributed by atoms with van der Waals surface area (Å²) in [6, 6.07) is 12.3. The van der Waals surface area contributed by atoms with Crippen LogP contribution in [-0.2, 0) is 0 Å². The standard InChI is InChI=1S/C24H32O4P2/c1-23(2,3)29-19-15(25-7)11-9-13-17(19)27-21(29)22-28-18-14-10-12-16(26-8)20(18)30(22)24(4,5)6/h9-14,21-22H,1-8H3/t21?,22?,29-,30+. The van der Waals surface area contributed by atoms with E-state index in [2.05, 4.69) is 53.7 Å². The highest BCUT2D eigenvalue weighted by Crippen LogP contribution is 2.69. The molecule has 6 heteroatoms. The van der Waals surface area contributed by atoms with Crippen molar-refractivity contribution in [1.29, 1.82) is 0 Å². The molecule has 0 bridgehead atoms. The van der Waals surface area contributed by atoms with Gasteiger partial charge in [-0.15, -0.1) is 0 Å². The van der Waals surface area contributed by atoms with Crippen LogP contribution >= 0.6 is 15.8 Å². The molecule has 0 saturated heterocycles. The maximum absolute atomic E-state index is 6.70. The van der Waals surface area contributed by atoms with Crippen molar-refractivity contribution >= 4 is 26.5 Å². The van der Waals surface area contributed by atoms with Crippen LogP contribution in [0.1, 0.15) is 41.5 Å². The van der Waals surface area contributed by atoms with E-state index in [0.717, 1.165) is 23.0 Å². The lowest BCUT2D eigenvalue weighted by atomic mass is 10.2. The van der Waals surface area contributed by atoms with Crippen LogP contribution < -0.4 is 29.6 Å². The third-order valence-electron chi connectivity index (χ3n) is 5.54. The molecular formula is C24H32O4P2.